The third-order valence-corrected chi connectivity index (χ3v) is 6.82. The summed E-state index contributed by atoms with van der Waals surface area (Å²) in [5, 5.41) is 3.40. The molecule has 3 rings (SSSR count). The molecule has 1 fully saturated rings. The van der Waals surface area contributed by atoms with E-state index in [4.69, 9.17) is 16.0 Å². The van der Waals surface area contributed by atoms with Crippen LogP contribution in [-0.2, 0) is 21.2 Å². The maximum Gasteiger partial charge on any atom is 0.243 e. The fraction of sp³-hybridized carbons (Fsp3) is 0.421. The van der Waals surface area contributed by atoms with Crippen molar-refractivity contribution in [2.45, 2.75) is 30.6 Å². The van der Waals surface area contributed by atoms with Crippen molar-refractivity contribution >= 4 is 27.5 Å². The SMILES string of the molecule is O=C(NCCCc1ccco1)C1CCCN(S(=O)(=O)c2ccc(Cl)cc2)C1. The summed E-state index contributed by atoms with van der Waals surface area (Å²) in [7, 11) is -3.62. The zero-order valence-corrected chi connectivity index (χ0v) is 16.5. The van der Waals surface area contributed by atoms with E-state index < -0.39 is 10.0 Å². The number of piperidine rings is 1. The Kier molecular flexibility index (Phi) is 6.57. The molecule has 0 bridgehead atoms. The number of amides is 1. The van der Waals surface area contributed by atoms with Crippen LogP contribution in [0.2, 0.25) is 5.02 Å². The van der Waals surface area contributed by atoms with Crippen LogP contribution in [0, 0.1) is 5.92 Å². The van der Waals surface area contributed by atoms with Crippen LogP contribution < -0.4 is 5.32 Å². The maximum absolute atomic E-state index is 12.8. The average Bonchev–Trinajstić information content (AvgIpc) is 3.19. The fourth-order valence-corrected chi connectivity index (χ4v) is 4.85. The number of hydrogen-bond acceptors (Lipinski definition) is 4. The van der Waals surface area contributed by atoms with Gasteiger partial charge in [-0.1, -0.05) is 11.6 Å². The molecule has 1 aliphatic heterocycles. The van der Waals surface area contributed by atoms with E-state index in [2.05, 4.69) is 5.32 Å². The third-order valence-electron chi connectivity index (χ3n) is 4.69. The molecule has 1 aromatic heterocycles. The van der Waals surface area contributed by atoms with Gasteiger partial charge in [0.25, 0.3) is 0 Å². The van der Waals surface area contributed by atoms with E-state index in [0.717, 1.165) is 18.6 Å². The molecule has 1 unspecified atom stereocenters. The van der Waals surface area contributed by atoms with Crippen molar-refractivity contribution in [3.8, 4) is 0 Å². The van der Waals surface area contributed by atoms with Gasteiger partial charge >= 0.3 is 0 Å². The van der Waals surface area contributed by atoms with Crippen LogP contribution in [0.25, 0.3) is 0 Å². The van der Waals surface area contributed by atoms with Gasteiger partial charge in [-0.25, -0.2) is 8.42 Å². The zero-order valence-electron chi connectivity index (χ0n) is 14.9. The Morgan fingerprint density at radius 2 is 2.04 bits per heavy atom. The Hall–Kier alpha value is -1.83. The van der Waals surface area contributed by atoms with Crippen molar-refractivity contribution in [1.82, 2.24) is 9.62 Å². The topological polar surface area (TPSA) is 79.6 Å². The monoisotopic (exact) mass is 410 g/mol. The lowest BCUT2D eigenvalue weighted by molar-refractivity contribution is -0.126. The first-order valence-corrected chi connectivity index (χ1v) is 10.8. The molecule has 0 spiro atoms. The summed E-state index contributed by atoms with van der Waals surface area (Å²) in [6.45, 7) is 1.17. The lowest BCUT2D eigenvalue weighted by Gasteiger charge is -2.31. The first kappa shape index (κ1) is 19.9. The van der Waals surface area contributed by atoms with Gasteiger partial charge in [0.15, 0.2) is 0 Å². The molecule has 1 aliphatic rings. The Bertz CT molecular complexity index is 850. The molecular formula is C19H23ClN2O4S. The number of nitrogens with zero attached hydrogens (tertiary/aromatic N) is 1. The van der Waals surface area contributed by atoms with Gasteiger partial charge in [-0.15, -0.1) is 0 Å². The van der Waals surface area contributed by atoms with Crippen molar-refractivity contribution in [1.29, 1.82) is 0 Å². The summed E-state index contributed by atoms with van der Waals surface area (Å²) in [4.78, 5) is 12.6. The molecule has 6 nitrogen and oxygen atoms in total. The number of halogens is 1. The number of nitrogens with one attached hydrogen (secondary N) is 1. The molecule has 0 saturated carbocycles. The van der Waals surface area contributed by atoms with Gasteiger partial charge in [0, 0.05) is 31.1 Å². The van der Waals surface area contributed by atoms with E-state index in [1.165, 1.54) is 16.4 Å². The quantitative estimate of drug-likeness (QED) is 0.711. The first-order chi connectivity index (χ1) is 13.0. The highest BCUT2D eigenvalue weighted by Crippen LogP contribution is 2.24. The summed E-state index contributed by atoms with van der Waals surface area (Å²) < 4.78 is 32.3. The van der Waals surface area contributed by atoms with Crippen molar-refractivity contribution < 1.29 is 17.6 Å². The number of benzene rings is 1. The Morgan fingerprint density at radius 1 is 1.26 bits per heavy atom. The van der Waals surface area contributed by atoms with Gasteiger partial charge in [-0.05, 0) is 55.7 Å². The number of hydrogen-bond donors (Lipinski definition) is 1. The molecule has 1 amide bonds. The molecular weight excluding hydrogens is 388 g/mol. The van der Waals surface area contributed by atoms with Crippen molar-refractivity contribution in [2.75, 3.05) is 19.6 Å². The minimum absolute atomic E-state index is 0.0922. The summed E-state index contributed by atoms with van der Waals surface area (Å²) in [5.41, 5.74) is 0. The third kappa shape index (κ3) is 5.12. The van der Waals surface area contributed by atoms with Gasteiger partial charge in [0.05, 0.1) is 17.1 Å². The second-order valence-electron chi connectivity index (χ2n) is 6.63. The van der Waals surface area contributed by atoms with E-state index >= 15 is 0 Å². The molecule has 0 radical (unpaired) electrons. The maximum atomic E-state index is 12.8. The zero-order chi connectivity index (χ0) is 19.3. The number of furan rings is 1. The molecule has 1 N–H and O–H groups in total. The van der Waals surface area contributed by atoms with Gasteiger partial charge in [-0.2, -0.15) is 4.31 Å². The van der Waals surface area contributed by atoms with Gasteiger partial charge in [-0.3, -0.25) is 4.79 Å². The predicted molar refractivity (Wildman–Crippen MR) is 103 cm³/mol. The second-order valence-corrected chi connectivity index (χ2v) is 9.00. The van der Waals surface area contributed by atoms with Gasteiger partial charge in [0.1, 0.15) is 5.76 Å². The Labute approximate surface area is 164 Å². The molecule has 2 aromatic rings. The highest BCUT2D eigenvalue weighted by atomic mass is 35.5. The highest BCUT2D eigenvalue weighted by Gasteiger charge is 2.33. The molecule has 146 valence electrons. The van der Waals surface area contributed by atoms with Crippen LogP contribution in [0.3, 0.4) is 0 Å². The molecule has 27 heavy (non-hydrogen) atoms. The van der Waals surface area contributed by atoms with Crippen LogP contribution >= 0.6 is 11.6 Å². The number of sulfonamides is 1. The van der Waals surface area contributed by atoms with E-state index in [-0.39, 0.29) is 23.3 Å². The van der Waals surface area contributed by atoms with Crippen molar-refractivity contribution in [3.05, 3.63) is 53.4 Å². The highest BCUT2D eigenvalue weighted by molar-refractivity contribution is 7.89. The smallest absolute Gasteiger partial charge is 0.243 e. The molecule has 1 saturated heterocycles. The minimum Gasteiger partial charge on any atom is -0.469 e. The largest absolute Gasteiger partial charge is 0.469 e. The van der Waals surface area contributed by atoms with E-state index in [1.807, 2.05) is 12.1 Å². The number of carbonyl (C=O) groups is 1. The Morgan fingerprint density at radius 3 is 2.74 bits per heavy atom. The summed E-state index contributed by atoms with van der Waals surface area (Å²) in [6, 6.07) is 9.85. The standard InChI is InChI=1S/C19H23ClN2O4S/c20-16-7-9-18(10-8-16)27(24,25)22-12-2-4-15(14-22)19(23)21-11-1-5-17-6-3-13-26-17/h3,6-10,13,15H,1-2,4-5,11-12,14H2,(H,21,23). The lowest BCUT2D eigenvalue weighted by atomic mass is 9.99. The number of rotatable bonds is 7. The van der Waals surface area contributed by atoms with Crippen molar-refractivity contribution in [3.63, 3.8) is 0 Å². The summed E-state index contributed by atoms with van der Waals surface area (Å²) in [5.74, 6) is 0.469. The second kappa shape index (κ2) is 8.91. The van der Waals surface area contributed by atoms with E-state index in [1.54, 1.807) is 18.4 Å². The van der Waals surface area contributed by atoms with Crippen LogP contribution in [0.5, 0.6) is 0 Å². The molecule has 1 atom stereocenters. The molecule has 8 heteroatoms. The van der Waals surface area contributed by atoms with Crippen molar-refractivity contribution in [2.24, 2.45) is 5.92 Å². The van der Waals surface area contributed by atoms with Crippen LogP contribution in [0.15, 0.2) is 52.0 Å². The first-order valence-electron chi connectivity index (χ1n) is 9.02. The fourth-order valence-electron chi connectivity index (χ4n) is 3.20. The van der Waals surface area contributed by atoms with Crippen LogP contribution in [-0.4, -0.2) is 38.3 Å². The Balaban J connectivity index is 1.53. The average molecular weight is 411 g/mol. The minimum atomic E-state index is -3.62. The van der Waals surface area contributed by atoms with Crippen LogP contribution in [0.4, 0.5) is 0 Å². The van der Waals surface area contributed by atoms with E-state index in [0.29, 0.717) is 31.0 Å². The predicted octanol–water partition coefficient (Wildman–Crippen LogP) is 3.08. The molecule has 0 aliphatic carbocycles. The van der Waals surface area contributed by atoms with E-state index in [9.17, 15) is 13.2 Å². The van der Waals surface area contributed by atoms with Gasteiger partial charge in [0.2, 0.25) is 15.9 Å². The van der Waals surface area contributed by atoms with Crippen LogP contribution in [0.1, 0.15) is 25.0 Å². The summed E-state index contributed by atoms with van der Waals surface area (Å²) >= 11 is 5.84. The summed E-state index contributed by atoms with van der Waals surface area (Å²) in [6.07, 6.45) is 4.52. The molecule has 2 heterocycles. The number of aryl methyl sites for hydroxylation is 1. The molecule has 1 aromatic carbocycles. The normalized spacial score (nSPS) is 18.3. The number of carbonyl (C=O) groups excluding carboxylic acids is 1. The lowest BCUT2D eigenvalue weighted by Crippen LogP contribution is -2.45. The van der Waals surface area contributed by atoms with Gasteiger partial charge < -0.3 is 9.73 Å².